The molecule has 0 atom stereocenters. The van der Waals surface area contributed by atoms with E-state index in [0.29, 0.717) is 59.1 Å². The number of carbonyl (C=O) groups excluding carboxylic acids is 1. The number of pyridine rings is 4. The lowest BCUT2D eigenvalue weighted by Crippen LogP contribution is -2.24. The van der Waals surface area contributed by atoms with E-state index in [1.54, 1.807) is 36.3 Å². The van der Waals surface area contributed by atoms with Crippen LogP contribution in [0.2, 0.25) is 10.0 Å². The highest BCUT2D eigenvalue weighted by Gasteiger charge is 2.16. The van der Waals surface area contributed by atoms with Gasteiger partial charge < -0.3 is 36.8 Å². The van der Waals surface area contributed by atoms with Gasteiger partial charge in [0, 0.05) is 87.0 Å². The number of aromatic nitrogens is 8. The zero-order valence-electron chi connectivity index (χ0n) is 35.7. The third kappa shape index (κ3) is 11.5. The summed E-state index contributed by atoms with van der Waals surface area (Å²) in [5, 5.41) is 15.0. The first-order valence-electron chi connectivity index (χ1n) is 19.8. The number of nitrogen functional groups attached to an aromatic ring is 2. The Balaban J connectivity index is 0.000000177. The number of imidazole rings is 2. The fourth-order valence-corrected chi connectivity index (χ4v) is 7.39. The summed E-state index contributed by atoms with van der Waals surface area (Å²) < 4.78 is 3.60. The number of nitrogens with zero attached hydrogens (tertiary/aromatic N) is 8. The molecule has 0 saturated carbocycles. The molecule has 0 aliphatic heterocycles. The molecular formula is C46H48Cl2N12O3. The molecule has 8 rings (SSSR count). The number of rotatable bonds is 9. The second kappa shape index (κ2) is 19.8. The maximum absolute atomic E-state index is 12.7. The van der Waals surface area contributed by atoms with Gasteiger partial charge in [0.25, 0.3) is 5.91 Å². The van der Waals surface area contributed by atoms with Crippen molar-refractivity contribution in [3.63, 3.8) is 0 Å². The topological polar surface area (TPSA) is 232 Å². The SMILES string of the molecule is Cc1cc(N)nc(C)c1CN.Cc1cc(N)nc(C)c1CNC(=O)c1cn(C)c(Cc2ccc3ncc(Cl)cc3c2)n1.Cn1cc(C(=O)O)nc1Cc1ccc2ncc(Cl)cc2c1. The van der Waals surface area contributed by atoms with Gasteiger partial charge in [-0.15, -0.1) is 0 Å². The molecule has 0 aliphatic rings. The van der Waals surface area contributed by atoms with Gasteiger partial charge in [0.1, 0.15) is 29.0 Å². The van der Waals surface area contributed by atoms with E-state index in [-0.39, 0.29) is 11.6 Å². The lowest BCUT2D eigenvalue weighted by molar-refractivity contribution is 0.0690. The monoisotopic (exact) mass is 886 g/mol. The highest BCUT2D eigenvalue weighted by molar-refractivity contribution is 6.31. The van der Waals surface area contributed by atoms with Gasteiger partial charge in [-0.25, -0.2) is 24.7 Å². The molecule has 0 fully saturated rings. The molecule has 2 aromatic carbocycles. The maximum Gasteiger partial charge on any atom is 0.356 e. The number of carboxylic acids is 1. The minimum absolute atomic E-state index is 0.0537. The zero-order chi connectivity index (χ0) is 45.5. The number of benzene rings is 2. The van der Waals surface area contributed by atoms with Gasteiger partial charge in [-0.2, -0.15) is 0 Å². The first kappa shape index (κ1) is 45.6. The van der Waals surface area contributed by atoms with Gasteiger partial charge in [-0.1, -0.05) is 35.3 Å². The molecule has 1 amide bonds. The summed E-state index contributed by atoms with van der Waals surface area (Å²) in [4.78, 5) is 49.2. The number of carbonyl (C=O) groups is 2. The summed E-state index contributed by atoms with van der Waals surface area (Å²) in [6.07, 6.45) is 7.64. The number of amides is 1. The lowest BCUT2D eigenvalue weighted by Gasteiger charge is -2.10. The van der Waals surface area contributed by atoms with E-state index >= 15 is 0 Å². The Bertz CT molecular complexity index is 2940. The van der Waals surface area contributed by atoms with Gasteiger partial charge in [0.05, 0.1) is 21.1 Å². The Morgan fingerprint density at radius 2 is 1.13 bits per heavy atom. The fraction of sp³-hybridized carbons (Fsp3) is 0.217. The number of hydrogen-bond donors (Lipinski definition) is 5. The predicted octanol–water partition coefficient (Wildman–Crippen LogP) is 7.39. The van der Waals surface area contributed by atoms with E-state index < -0.39 is 5.97 Å². The summed E-state index contributed by atoms with van der Waals surface area (Å²) in [6.45, 7) is 8.66. The van der Waals surface area contributed by atoms with Gasteiger partial charge in [0.2, 0.25) is 0 Å². The predicted molar refractivity (Wildman–Crippen MR) is 248 cm³/mol. The lowest BCUT2D eigenvalue weighted by atomic mass is 10.1. The Morgan fingerprint density at radius 3 is 1.57 bits per heavy atom. The summed E-state index contributed by atoms with van der Waals surface area (Å²) >= 11 is 12.0. The molecule has 15 nitrogen and oxygen atoms in total. The molecule has 6 aromatic heterocycles. The Labute approximate surface area is 374 Å². The van der Waals surface area contributed by atoms with Crippen molar-refractivity contribution >= 4 is 68.5 Å². The highest BCUT2D eigenvalue weighted by Crippen LogP contribution is 2.22. The molecular weight excluding hydrogens is 839 g/mol. The first-order chi connectivity index (χ1) is 30.0. The number of carboxylic acid groups (broad SMARTS) is 1. The van der Waals surface area contributed by atoms with Crippen molar-refractivity contribution in [2.75, 3.05) is 11.5 Å². The quantitative estimate of drug-likeness (QED) is 0.0955. The van der Waals surface area contributed by atoms with Crippen LogP contribution in [0, 0.1) is 27.7 Å². The van der Waals surface area contributed by atoms with Gasteiger partial charge in [-0.05, 0) is 110 Å². The summed E-state index contributed by atoms with van der Waals surface area (Å²) in [7, 11) is 3.67. The fourth-order valence-electron chi connectivity index (χ4n) is 7.05. The van der Waals surface area contributed by atoms with E-state index in [4.69, 9.17) is 45.5 Å². The van der Waals surface area contributed by atoms with E-state index in [2.05, 4.69) is 35.2 Å². The standard InChI is InChI=1S/C23H23ClN6O.C15H12ClN3O2.C8H13N3/c1-13-6-21(25)28-14(2)18(13)11-27-23(31)20-12-30(3)22(29-20)8-15-4-5-19-16(7-15)9-17(24)10-26-19;1-19-8-13(15(20)21)18-14(19)5-9-2-3-12-10(4-9)6-11(16)7-17-12;1-5-3-8(10)11-6(2)7(5)4-9/h4-7,9-10,12H,8,11H2,1-3H3,(H2,25,28)(H,27,31);2-4,6-8H,5H2,1H3,(H,20,21);3H,4,9H2,1-2H3,(H2,10,11). The molecule has 8 aromatic rings. The van der Waals surface area contributed by atoms with Crippen molar-refractivity contribution in [2.45, 2.75) is 53.6 Å². The van der Waals surface area contributed by atoms with E-state index in [1.165, 1.54) is 6.20 Å². The van der Waals surface area contributed by atoms with Crippen molar-refractivity contribution in [1.29, 1.82) is 0 Å². The van der Waals surface area contributed by atoms with Gasteiger partial charge >= 0.3 is 5.97 Å². The number of aromatic carboxylic acids is 1. The van der Waals surface area contributed by atoms with E-state index in [9.17, 15) is 9.59 Å². The van der Waals surface area contributed by atoms with Crippen LogP contribution in [0.1, 0.15) is 77.4 Å². The van der Waals surface area contributed by atoms with Gasteiger partial charge in [-0.3, -0.25) is 14.8 Å². The molecule has 324 valence electrons. The summed E-state index contributed by atoms with van der Waals surface area (Å²) in [5.74, 6) is 1.28. The maximum atomic E-state index is 12.7. The van der Waals surface area contributed by atoms with Crippen LogP contribution in [0.5, 0.6) is 0 Å². The number of fused-ring (bicyclic) bond motifs is 2. The second-order valence-corrected chi connectivity index (χ2v) is 15.9. The Morgan fingerprint density at radius 1 is 0.667 bits per heavy atom. The Kier molecular flexibility index (Phi) is 14.4. The molecule has 0 bridgehead atoms. The second-order valence-electron chi connectivity index (χ2n) is 15.1. The highest BCUT2D eigenvalue weighted by atomic mass is 35.5. The van der Waals surface area contributed by atoms with Crippen LogP contribution in [-0.4, -0.2) is 56.0 Å². The van der Waals surface area contributed by atoms with Crippen LogP contribution < -0.4 is 22.5 Å². The normalized spacial score (nSPS) is 10.9. The molecule has 0 unspecified atom stereocenters. The third-order valence-corrected chi connectivity index (χ3v) is 10.7. The van der Waals surface area contributed by atoms with Crippen LogP contribution >= 0.6 is 23.2 Å². The largest absolute Gasteiger partial charge is 0.476 e. The van der Waals surface area contributed by atoms with Crippen LogP contribution in [0.4, 0.5) is 11.6 Å². The minimum Gasteiger partial charge on any atom is -0.476 e. The van der Waals surface area contributed by atoms with E-state index in [1.807, 2.05) is 93.9 Å². The average Bonchev–Trinajstić information content (AvgIpc) is 3.78. The van der Waals surface area contributed by atoms with Crippen molar-refractivity contribution < 1.29 is 14.7 Å². The van der Waals surface area contributed by atoms with Crippen molar-refractivity contribution in [2.24, 2.45) is 19.8 Å². The number of hydrogen-bond acceptors (Lipinski definition) is 11. The van der Waals surface area contributed by atoms with Crippen molar-refractivity contribution in [3.8, 4) is 0 Å². The number of halogens is 2. The van der Waals surface area contributed by atoms with E-state index in [0.717, 1.165) is 72.4 Å². The van der Waals surface area contributed by atoms with Crippen molar-refractivity contribution in [3.05, 3.63) is 163 Å². The van der Waals surface area contributed by atoms with Crippen LogP contribution in [-0.2, 0) is 40.0 Å². The molecule has 8 N–H and O–H groups in total. The third-order valence-electron chi connectivity index (χ3n) is 10.3. The number of nitrogens with one attached hydrogen (secondary N) is 1. The molecule has 17 heteroatoms. The van der Waals surface area contributed by atoms with Crippen LogP contribution in [0.25, 0.3) is 21.8 Å². The minimum atomic E-state index is -1.02. The number of nitrogens with two attached hydrogens (primary N) is 3. The molecule has 0 spiro atoms. The zero-order valence-corrected chi connectivity index (χ0v) is 37.3. The molecule has 6 heterocycles. The van der Waals surface area contributed by atoms with Gasteiger partial charge in [0.15, 0.2) is 5.69 Å². The number of anilines is 2. The smallest absolute Gasteiger partial charge is 0.356 e. The first-order valence-corrected chi connectivity index (χ1v) is 20.5. The summed E-state index contributed by atoms with van der Waals surface area (Å²) in [5.41, 5.74) is 27.0. The molecule has 0 radical (unpaired) electrons. The summed E-state index contributed by atoms with van der Waals surface area (Å²) in [6, 6.07) is 19.3. The molecule has 63 heavy (non-hydrogen) atoms. The van der Waals surface area contributed by atoms with Crippen LogP contribution in [0.15, 0.2) is 85.5 Å². The molecule has 0 aliphatic carbocycles. The number of aryl methyl sites for hydroxylation is 6. The molecule has 0 saturated heterocycles. The Hall–Kier alpha value is -6.94. The van der Waals surface area contributed by atoms with Crippen molar-refractivity contribution in [1.82, 2.24) is 44.4 Å². The van der Waals surface area contributed by atoms with Crippen LogP contribution in [0.3, 0.4) is 0 Å². The average molecular weight is 888 g/mol.